The Balaban J connectivity index is 1.56. The maximum absolute atomic E-state index is 5.00. The molecule has 1 N–H and O–H groups in total. The standard InChI is InChI=1S/C25H27N5S/c1-30(2)20(17-9-4-3-5-10-17)16-27-24-22-19-12-6-7-13-21(19)31-25(22)29-23(28-24)18-11-8-14-26-15-18/h3-5,8-11,14-15,20H,6-7,12-13,16H2,1-2H3,(H,27,28,29). The first kappa shape index (κ1) is 20.1. The Bertz CT molecular complexity index is 1170. The second-order valence-electron chi connectivity index (χ2n) is 8.30. The van der Waals surface area contributed by atoms with Crippen molar-refractivity contribution < 1.29 is 0 Å². The number of pyridine rings is 1. The predicted molar refractivity (Wildman–Crippen MR) is 129 cm³/mol. The molecular weight excluding hydrogens is 402 g/mol. The highest BCUT2D eigenvalue weighted by Gasteiger charge is 2.22. The molecule has 4 aromatic rings. The summed E-state index contributed by atoms with van der Waals surface area (Å²) in [4.78, 5) is 19.0. The van der Waals surface area contributed by atoms with Gasteiger partial charge in [-0.15, -0.1) is 11.3 Å². The van der Waals surface area contributed by atoms with Gasteiger partial charge >= 0.3 is 0 Å². The Morgan fingerprint density at radius 1 is 1.03 bits per heavy atom. The third-order valence-electron chi connectivity index (χ3n) is 6.00. The Labute approximate surface area is 187 Å². The molecule has 0 bridgehead atoms. The summed E-state index contributed by atoms with van der Waals surface area (Å²) in [5.41, 5.74) is 3.70. The molecule has 0 spiro atoms. The highest BCUT2D eigenvalue weighted by atomic mass is 32.1. The van der Waals surface area contributed by atoms with Crippen LogP contribution in [0.2, 0.25) is 0 Å². The number of aryl methyl sites for hydroxylation is 2. The van der Waals surface area contributed by atoms with Crippen LogP contribution >= 0.6 is 11.3 Å². The smallest absolute Gasteiger partial charge is 0.164 e. The van der Waals surface area contributed by atoms with Crippen molar-refractivity contribution >= 4 is 27.4 Å². The third-order valence-corrected chi connectivity index (χ3v) is 7.19. The van der Waals surface area contributed by atoms with Crippen LogP contribution in [0.3, 0.4) is 0 Å². The van der Waals surface area contributed by atoms with Gasteiger partial charge in [0, 0.05) is 29.4 Å². The van der Waals surface area contributed by atoms with Crippen LogP contribution in [0.15, 0.2) is 54.9 Å². The highest BCUT2D eigenvalue weighted by molar-refractivity contribution is 7.19. The first-order valence-corrected chi connectivity index (χ1v) is 11.7. The molecule has 0 amide bonds. The summed E-state index contributed by atoms with van der Waals surface area (Å²) in [6.45, 7) is 0.778. The molecule has 0 fully saturated rings. The highest BCUT2D eigenvalue weighted by Crippen LogP contribution is 2.39. The molecule has 0 saturated heterocycles. The lowest BCUT2D eigenvalue weighted by Crippen LogP contribution is -2.27. The predicted octanol–water partition coefficient (Wildman–Crippen LogP) is 5.35. The molecule has 1 unspecified atom stereocenters. The molecule has 0 radical (unpaired) electrons. The molecule has 3 heterocycles. The van der Waals surface area contributed by atoms with E-state index in [-0.39, 0.29) is 6.04 Å². The molecule has 1 aliphatic carbocycles. The maximum Gasteiger partial charge on any atom is 0.164 e. The number of thiophene rings is 1. The van der Waals surface area contributed by atoms with Gasteiger partial charge in [-0.3, -0.25) is 4.98 Å². The van der Waals surface area contributed by atoms with Gasteiger partial charge in [0.05, 0.1) is 11.4 Å². The van der Waals surface area contributed by atoms with Crippen molar-refractivity contribution in [3.63, 3.8) is 0 Å². The summed E-state index contributed by atoms with van der Waals surface area (Å²) in [6, 6.07) is 14.9. The number of anilines is 1. The zero-order chi connectivity index (χ0) is 21.2. The number of hydrogen-bond donors (Lipinski definition) is 1. The normalized spacial score (nSPS) is 14.5. The van der Waals surface area contributed by atoms with Crippen LogP contribution in [0.1, 0.15) is 34.9 Å². The number of nitrogens with zero attached hydrogens (tertiary/aromatic N) is 4. The summed E-state index contributed by atoms with van der Waals surface area (Å²) in [5, 5.41) is 4.93. The van der Waals surface area contributed by atoms with Gasteiger partial charge in [0.25, 0.3) is 0 Å². The Morgan fingerprint density at radius 3 is 2.65 bits per heavy atom. The second kappa shape index (κ2) is 8.73. The van der Waals surface area contributed by atoms with Crippen LogP contribution in [-0.4, -0.2) is 40.5 Å². The van der Waals surface area contributed by atoms with Crippen LogP contribution in [0.4, 0.5) is 5.82 Å². The number of benzene rings is 1. The van der Waals surface area contributed by atoms with E-state index in [9.17, 15) is 0 Å². The van der Waals surface area contributed by atoms with Crippen molar-refractivity contribution in [3.8, 4) is 11.4 Å². The maximum atomic E-state index is 5.00. The lowest BCUT2D eigenvalue weighted by molar-refractivity contribution is 0.311. The quantitative estimate of drug-likeness (QED) is 0.448. The molecule has 6 heteroatoms. The first-order chi connectivity index (χ1) is 15.2. The fourth-order valence-electron chi connectivity index (χ4n) is 4.38. The summed E-state index contributed by atoms with van der Waals surface area (Å²) in [5.74, 6) is 1.69. The van der Waals surface area contributed by atoms with Crippen LogP contribution in [0, 0.1) is 0 Å². The van der Waals surface area contributed by atoms with Gasteiger partial charge in [-0.2, -0.15) is 0 Å². The van der Waals surface area contributed by atoms with E-state index in [0.29, 0.717) is 0 Å². The van der Waals surface area contributed by atoms with Gasteiger partial charge in [0.15, 0.2) is 5.82 Å². The molecular formula is C25H27N5S. The summed E-state index contributed by atoms with van der Waals surface area (Å²) >= 11 is 1.84. The van der Waals surface area contributed by atoms with Gasteiger partial charge in [0.1, 0.15) is 10.6 Å². The van der Waals surface area contributed by atoms with E-state index < -0.39 is 0 Å². The number of aromatic nitrogens is 3. The van der Waals surface area contributed by atoms with E-state index >= 15 is 0 Å². The Hall–Kier alpha value is -2.83. The summed E-state index contributed by atoms with van der Waals surface area (Å²) in [6.07, 6.45) is 8.41. The summed E-state index contributed by atoms with van der Waals surface area (Å²) < 4.78 is 0. The minimum Gasteiger partial charge on any atom is -0.367 e. The van der Waals surface area contributed by atoms with Gasteiger partial charge in [0.2, 0.25) is 0 Å². The third kappa shape index (κ3) is 4.05. The van der Waals surface area contributed by atoms with Crippen molar-refractivity contribution in [2.45, 2.75) is 31.7 Å². The van der Waals surface area contributed by atoms with Crippen LogP contribution < -0.4 is 5.32 Å². The number of fused-ring (bicyclic) bond motifs is 3. The second-order valence-corrected chi connectivity index (χ2v) is 9.38. The van der Waals surface area contributed by atoms with E-state index in [1.165, 1.54) is 34.2 Å². The van der Waals surface area contributed by atoms with Crippen LogP contribution in [-0.2, 0) is 12.8 Å². The molecule has 1 atom stereocenters. The van der Waals surface area contributed by atoms with Gasteiger partial charge in [-0.25, -0.2) is 9.97 Å². The minimum atomic E-state index is 0.252. The molecule has 5 rings (SSSR count). The summed E-state index contributed by atoms with van der Waals surface area (Å²) in [7, 11) is 4.25. The van der Waals surface area contributed by atoms with Crippen molar-refractivity contribution in [2.24, 2.45) is 0 Å². The lowest BCUT2D eigenvalue weighted by Gasteiger charge is -2.25. The largest absolute Gasteiger partial charge is 0.367 e. The van der Waals surface area contributed by atoms with Crippen molar-refractivity contribution in [1.29, 1.82) is 0 Å². The van der Waals surface area contributed by atoms with Crippen LogP contribution in [0.25, 0.3) is 21.6 Å². The molecule has 158 valence electrons. The Morgan fingerprint density at radius 2 is 1.87 bits per heavy atom. The molecule has 31 heavy (non-hydrogen) atoms. The number of likely N-dealkylation sites (N-methyl/N-ethyl adjacent to an activating group) is 1. The first-order valence-electron chi connectivity index (χ1n) is 10.9. The van der Waals surface area contributed by atoms with Crippen molar-refractivity contribution in [2.75, 3.05) is 26.0 Å². The van der Waals surface area contributed by atoms with Gasteiger partial charge < -0.3 is 10.2 Å². The number of hydrogen-bond acceptors (Lipinski definition) is 6. The van der Waals surface area contributed by atoms with Gasteiger partial charge in [-0.1, -0.05) is 30.3 Å². The van der Waals surface area contributed by atoms with E-state index in [1.807, 2.05) is 29.7 Å². The topological polar surface area (TPSA) is 53.9 Å². The van der Waals surface area contributed by atoms with E-state index in [1.54, 1.807) is 6.20 Å². The van der Waals surface area contributed by atoms with Crippen LogP contribution in [0.5, 0.6) is 0 Å². The number of nitrogens with one attached hydrogen (secondary N) is 1. The molecule has 0 saturated carbocycles. The monoisotopic (exact) mass is 429 g/mol. The fraction of sp³-hybridized carbons (Fsp3) is 0.320. The number of rotatable bonds is 6. The average molecular weight is 430 g/mol. The zero-order valence-corrected chi connectivity index (χ0v) is 18.8. The molecule has 1 aliphatic rings. The van der Waals surface area contributed by atoms with Crippen molar-refractivity contribution in [3.05, 3.63) is 70.9 Å². The Kier molecular flexibility index (Phi) is 5.66. The van der Waals surface area contributed by atoms with E-state index in [0.717, 1.165) is 41.4 Å². The fourth-order valence-corrected chi connectivity index (χ4v) is 5.64. The van der Waals surface area contributed by atoms with Gasteiger partial charge in [-0.05, 0) is 63.0 Å². The van der Waals surface area contributed by atoms with E-state index in [2.05, 4.69) is 59.6 Å². The SMILES string of the molecule is CN(C)C(CNc1nc(-c2cccnc2)nc2sc3c(c12)CCCC3)c1ccccc1. The molecule has 0 aliphatic heterocycles. The van der Waals surface area contributed by atoms with Crippen molar-refractivity contribution in [1.82, 2.24) is 19.9 Å². The zero-order valence-electron chi connectivity index (χ0n) is 18.0. The molecule has 5 nitrogen and oxygen atoms in total. The lowest BCUT2D eigenvalue weighted by atomic mass is 9.97. The molecule has 3 aromatic heterocycles. The average Bonchev–Trinajstić information content (AvgIpc) is 3.19. The minimum absolute atomic E-state index is 0.252. The van der Waals surface area contributed by atoms with E-state index in [4.69, 9.17) is 9.97 Å². The molecule has 1 aromatic carbocycles.